The van der Waals surface area contributed by atoms with E-state index in [0.717, 1.165) is 16.5 Å². The molecule has 2 N–H and O–H groups in total. The third-order valence-corrected chi connectivity index (χ3v) is 3.85. The Bertz CT molecular complexity index is 512. The minimum Gasteiger partial charge on any atom is -0.394 e. The summed E-state index contributed by atoms with van der Waals surface area (Å²) in [6.07, 6.45) is 0.941. The van der Waals surface area contributed by atoms with E-state index >= 15 is 0 Å². The topological polar surface area (TPSA) is 32.3 Å². The van der Waals surface area contributed by atoms with Crippen LogP contribution in [0.1, 0.15) is 24.1 Å². The maximum Gasteiger partial charge on any atom is 0.0626 e. The van der Waals surface area contributed by atoms with E-state index in [1.807, 2.05) is 30.3 Å². The molecule has 2 unspecified atom stereocenters. The summed E-state index contributed by atoms with van der Waals surface area (Å²) in [5.41, 5.74) is 2.41. The number of benzene rings is 2. The summed E-state index contributed by atoms with van der Waals surface area (Å²) in [4.78, 5) is 0. The highest BCUT2D eigenvalue weighted by Crippen LogP contribution is 2.15. The molecule has 106 valence electrons. The van der Waals surface area contributed by atoms with Gasteiger partial charge in [-0.25, -0.2) is 0 Å². The largest absolute Gasteiger partial charge is 0.394 e. The highest BCUT2D eigenvalue weighted by Gasteiger charge is 2.13. The van der Waals surface area contributed by atoms with Gasteiger partial charge in [-0.15, -0.1) is 0 Å². The number of nitrogens with one attached hydrogen (secondary N) is 1. The monoisotopic (exact) mass is 333 g/mol. The van der Waals surface area contributed by atoms with Crippen molar-refractivity contribution in [3.8, 4) is 0 Å². The molecule has 0 heterocycles. The first-order chi connectivity index (χ1) is 9.69. The maximum atomic E-state index is 9.56. The van der Waals surface area contributed by atoms with Crippen molar-refractivity contribution in [3.05, 3.63) is 70.2 Å². The zero-order chi connectivity index (χ0) is 14.4. The van der Waals surface area contributed by atoms with Crippen LogP contribution in [0.2, 0.25) is 0 Å². The second-order valence-corrected chi connectivity index (χ2v) is 5.96. The fourth-order valence-electron chi connectivity index (χ4n) is 2.32. The summed E-state index contributed by atoms with van der Waals surface area (Å²) >= 11 is 3.45. The van der Waals surface area contributed by atoms with Crippen LogP contribution in [0.15, 0.2) is 59.1 Å². The molecule has 0 saturated heterocycles. The molecule has 0 radical (unpaired) electrons. The predicted octanol–water partition coefficient (Wildman–Crippen LogP) is 3.70. The lowest BCUT2D eigenvalue weighted by Gasteiger charge is -2.22. The zero-order valence-corrected chi connectivity index (χ0v) is 13.2. The van der Waals surface area contributed by atoms with Gasteiger partial charge in [0.2, 0.25) is 0 Å². The molecule has 2 aromatic rings. The molecule has 0 fully saturated rings. The fraction of sp³-hybridized carbons (Fsp3) is 0.294. The van der Waals surface area contributed by atoms with Crippen LogP contribution in [0.5, 0.6) is 0 Å². The van der Waals surface area contributed by atoms with Crippen molar-refractivity contribution < 1.29 is 5.11 Å². The molecule has 0 aliphatic heterocycles. The van der Waals surface area contributed by atoms with E-state index in [9.17, 15) is 5.11 Å². The Hall–Kier alpha value is -1.16. The van der Waals surface area contributed by atoms with Gasteiger partial charge in [-0.05, 0) is 36.6 Å². The lowest BCUT2D eigenvalue weighted by molar-refractivity contribution is 0.235. The van der Waals surface area contributed by atoms with Crippen LogP contribution in [0.4, 0.5) is 0 Å². The number of aliphatic hydroxyl groups excluding tert-OH is 1. The lowest BCUT2D eigenvalue weighted by Crippen LogP contribution is -2.34. The van der Waals surface area contributed by atoms with Crippen LogP contribution in [-0.2, 0) is 6.42 Å². The Balaban J connectivity index is 1.95. The van der Waals surface area contributed by atoms with Crippen LogP contribution in [-0.4, -0.2) is 17.8 Å². The molecule has 2 nitrogen and oxygen atoms in total. The first kappa shape index (κ1) is 15.2. The highest BCUT2D eigenvalue weighted by molar-refractivity contribution is 9.10. The summed E-state index contributed by atoms with van der Waals surface area (Å²) in [6, 6.07) is 18.7. The Morgan fingerprint density at radius 2 is 1.70 bits per heavy atom. The third kappa shape index (κ3) is 4.44. The van der Waals surface area contributed by atoms with Crippen LogP contribution < -0.4 is 5.32 Å². The molecule has 3 heteroatoms. The van der Waals surface area contributed by atoms with E-state index in [1.165, 1.54) is 5.56 Å². The van der Waals surface area contributed by atoms with Crippen molar-refractivity contribution in [3.63, 3.8) is 0 Å². The van der Waals surface area contributed by atoms with E-state index in [1.54, 1.807) is 0 Å². The van der Waals surface area contributed by atoms with Gasteiger partial charge in [-0.3, -0.25) is 0 Å². The molecule has 0 saturated carbocycles. The predicted molar refractivity (Wildman–Crippen MR) is 86.7 cm³/mol. The number of hydrogen-bond donors (Lipinski definition) is 2. The fourth-order valence-corrected chi connectivity index (χ4v) is 2.58. The Kier molecular flexibility index (Phi) is 5.77. The van der Waals surface area contributed by atoms with E-state index in [2.05, 4.69) is 52.4 Å². The third-order valence-electron chi connectivity index (χ3n) is 3.33. The second-order valence-electron chi connectivity index (χ2n) is 5.04. The van der Waals surface area contributed by atoms with E-state index in [4.69, 9.17) is 0 Å². The zero-order valence-electron chi connectivity index (χ0n) is 11.6. The molecule has 0 aromatic heterocycles. The molecule has 0 amide bonds. The molecule has 0 aliphatic carbocycles. The Morgan fingerprint density at radius 3 is 2.30 bits per heavy atom. The van der Waals surface area contributed by atoms with E-state index < -0.39 is 0 Å². The molecule has 2 aromatic carbocycles. The molecule has 0 spiro atoms. The molecular weight excluding hydrogens is 314 g/mol. The van der Waals surface area contributed by atoms with Gasteiger partial charge in [0.15, 0.2) is 0 Å². The van der Waals surface area contributed by atoms with Gasteiger partial charge < -0.3 is 10.4 Å². The summed E-state index contributed by atoms with van der Waals surface area (Å²) in [7, 11) is 0. The molecule has 20 heavy (non-hydrogen) atoms. The van der Waals surface area contributed by atoms with Crippen molar-refractivity contribution in [1.82, 2.24) is 5.32 Å². The molecule has 2 rings (SSSR count). The SMILES string of the molecule is CC(Cc1ccc(Br)cc1)NC(CO)c1ccccc1. The summed E-state index contributed by atoms with van der Waals surface area (Å²) < 4.78 is 1.10. The van der Waals surface area contributed by atoms with Crippen molar-refractivity contribution in [2.45, 2.75) is 25.4 Å². The lowest BCUT2D eigenvalue weighted by atomic mass is 10.0. The second kappa shape index (κ2) is 7.58. The first-order valence-corrected chi connectivity index (χ1v) is 7.64. The van der Waals surface area contributed by atoms with Gasteiger partial charge in [0.05, 0.1) is 12.6 Å². The van der Waals surface area contributed by atoms with Crippen molar-refractivity contribution in [2.24, 2.45) is 0 Å². The van der Waals surface area contributed by atoms with Crippen LogP contribution >= 0.6 is 15.9 Å². The average molecular weight is 334 g/mol. The number of halogens is 1. The standard InChI is InChI=1S/C17H20BrNO/c1-13(11-14-7-9-16(18)10-8-14)19-17(12-20)15-5-3-2-4-6-15/h2-10,13,17,19-20H,11-12H2,1H3. The van der Waals surface area contributed by atoms with Crippen molar-refractivity contribution in [1.29, 1.82) is 0 Å². The summed E-state index contributed by atoms with van der Waals surface area (Å²) in [5.74, 6) is 0. The Labute approximate surface area is 129 Å². The Morgan fingerprint density at radius 1 is 1.05 bits per heavy atom. The number of aliphatic hydroxyl groups is 1. The maximum absolute atomic E-state index is 9.56. The van der Waals surface area contributed by atoms with Gasteiger partial charge in [0, 0.05) is 10.5 Å². The van der Waals surface area contributed by atoms with E-state index in [0.29, 0.717) is 6.04 Å². The number of rotatable bonds is 6. The van der Waals surface area contributed by atoms with E-state index in [-0.39, 0.29) is 12.6 Å². The summed E-state index contributed by atoms with van der Waals surface area (Å²) in [5, 5.41) is 13.0. The molecule has 0 bridgehead atoms. The van der Waals surface area contributed by atoms with Crippen molar-refractivity contribution in [2.75, 3.05) is 6.61 Å². The first-order valence-electron chi connectivity index (χ1n) is 6.85. The normalized spacial score (nSPS) is 13.9. The minimum atomic E-state index is -0.0124. The van der Waals surface area contributed by atoms with Crippen LogP contribution in [0.3, 0.4) is 0 Å². The van der Waals surface area contributed by atoms with Gasteiger partial charge in [-0.2, -0.15) is 0 Å². The minimum absolute atomic E-state index is 0.0124. The average Bonchev–Trinajstić information content (AvgIpc) is 2.48. The van der Waals surface area contributed by atoms with Gasteiger partial charge >= 0.3 is 0 Å². The molecular formula is C17H20BrNO. The van der Waals surface area contributed by atoms with Crippen molar-refractivity contribution >= 4 is 15.9 Å². The number of hydrogen-bond acceptors (Lipinski definition) is 2. The van der Waals surface area contributed by atoms with Gasteiger partial charge in [0.1, 0.15) is 0 Å². The smallest absolute Gasteiger partial charge is 0.0626 e. The molecule has 2 atom stereocenters. The summed E-state index contributed by atoms with van der Waals surface area (Å²) in [6.45, 7) is 2.25. The quantitative estimate of drug-likeness (QED) is 0.844. The van der Waals surface area contributed by atoms with Gasteiger partial charge in [0.25, 0.3) is 0 Å². The highest BCUT2D eigenvalue weighted by atomic mass is 79.9. The van der Waals surface area contributed by atoms with Crippen LogP contribution in [0, 0.1) is 0 Å². The van der Waals surface area contributed by atoms with Gasteiger partial charge in [-0.1, -0.05) is 58.4 Å². The molecule has 0 aliphatic rings. The van der Waals surface area contributed by atoms with Crippen LogP contribution in [0.25, 0.3) is 0 Å².